The largest absolute Gasteiger partial charge is 0.444 e. The summed E-state index contributed by atoms with van der Waals surface area (Å²) in [7, 11) is 0. The molecule has 2 N–H and O–H groups in total. The molecule has 0 bridgehead atoms. The van der Waals surface area contributed by atoms with E-state index in [2.05, 4.69) is 5.32 Å². The zero-order chi connectivity index (χ0) is 15.8. The number of non-ortho nitro benzene ring substituents is 1. The number of hydrogen-bond acceptors (Lipinski definition) is 5. The molecule has 0 fully saturated rings. The second kappa shape index (κ2) is 5.33. The maximum absolute atomic E-state index is 11.8. The van der Waals surface area contributed by atoms with Crippen molar-refractivity contribution in [3.8, 4) is 0 Å². The van der Waals surface area contributed by atoms with Gasteiger partial charge in [0.2, 0.25) is 0 Å². The number of nitrogens with one attached hydrogen (secondary N) is 1. The lowest BCUT2D eigenvalue weighted by Crippen LogP contribution is -2.38. The molecule has 21 heavy (non-hydrogen) atoms. The number of aliphatic hydroxyl groups is 1. The molecule has 0 radical (unpaired) electrons. The molecule has 0 aliphatic heterocycles. The van der Waals surface area contributed by atoms with Crippen LogP contribution in [-0.4, -0.2) is 27.8 Å². The van der Waals surface area contributed by atoms with Crippen molar-refractivity contribution in [2.24, 2.45) is 0 Å². The summed E-state index contributed by atoms with van der Waals surface area (Å²) in [6.07, 6.45) is -1.14. The van der Waals surface area contributed by atoms with E-state index in [1.165, 1.54) is 12.1 Å². The molecule has 1 aromatic rings. The highest BCUT2D eigenvalue weighted by molar-refractivity contribution is 5.69. The number of hydrogen-bond donors (Lipinski definition) is 2. The van der Waals surface area contributed by atoms with Gasteiger partial charge in [-0.25, -0.2) is 4.79 Å². The summed E-state index contributed by atoms with van der Waals surface area (Å²) < 4.78 is 5.15. The number of nitro benzene ring substituents is 1. The molecule has 7 nitrogen and oxygen atoms in total. The fraction of sp³-hybridized carbons (Fsp3) is 0.500. The number of amides is 1. The Hall–Kier alpha value is -2.15. The Kier molecular flexibility index (Phi) is 3.87. The summed E-state index contributed by atoms with van der Waals surface area (Å²) in [6.45, 7) is 5.20. The van der Waals surface area contributed by atoms with E-state index < -0.39 is 28.8 Å². The lowest BCUT2D eigenvalue weighted by Gasteiger charge is -2.23. The Bertz CT molecular complexity index is 579. The van der Waals surface area contributed by atoms with Crippen LogP contribution in [0.5, 0.6) is 0 Å². The lowest BCUT2D eigenvalue weighted by atomic mass is 10.1. The van der Waals surface area contributed by atoms with Crippen molar-refractivity contribution in [2.75, 3.05) is 0 Å². The van der Waals surface area contributed by atoms with Gasteiger partial charge in [0.05, 0.1) is 17.1 Å². The van der Waals surface area contributed by atoms with Gasteiger partial charge in [0, 0.05) is 18.6 Å². The molecule has 2 rings (SSSR count). The minimum Gasteiger partial charge on any atom is -0.444 e. The molecule has 1 aromatic carbocycles. The number of alkyl carbamates (subject to hydrolysis) is 1. The van der Waals surface area contributed by atoms with Crippen LogP contribution < -0.4 is 5.32 Å². The van der Waals surface area contributed by atoms with Crippen molar-refractivity contribution < 1.29 is 19.6 Å². The Balaban J connectivity index is 2.21. The summed E-state index contributed by atoms with van der Waals surface area (Å²) in [4.78, 5) is 22.1. The van der Waals surface area contributed by atoms with E-state index in [4.69, 9.17) is 4.74 Å². The Morgan fingerprint density at radius 3 is 2.71 bits per heavy atom. The third-order valence-corrected chi connectivity index (χ3v) is 3.16. The maximum Gasteiger partial charge on any atom is 0.408 e. The Morgan fingerprint density at radius 2 is 2.14 bits per heavy atom. The molecule has 0 saturated carbocycles. The van der Waals surface area contributed by atoms with Crippen molar-refractivity contribution >= 4 is 11.8 Å². The van der Waals surface area contributed by atoms with E-state index in [9.17, 15) is 20.0 Å². The van der Waals surface area contributed by atoms with Gasteiger partial charge in [0.25, 0.3) is 5.69 Å². The van der Waals surface area contributed by atoms with Crippen molar-refractivity contribution in [3.63, 3.8) is 0 Å². The van der Waals surface area contributed by atoms with Crippen LogP contribution in [-0.2, 0) is 11.2 Å². The van der Waals surface area contributed by atoms with Crippen LogP contribution in [0.25, 0.3) is 0 Å². The van der Waals surface area contributed by atoms with Crippen molar-refractivity contribution in [1.82, 2.24) is 5.32 Å². The first-order valence-corrected chi connectivity index (χ1v) is 6.62. The van der Waals surface area contributed by atoms with Gasteiger partial charge in [-0.2, -0.15) is 0 Å². The van der Waals surface area contributed by atoms with E-state index in [-0.39, 0.29) is 5.69 Å². The average molecular weight is 294 g/mol. The highest BCUT2D eigenvalue weighted by Gasteiger charge is 2.34. The van der Waals surface area contributed by atoms with Crippen LogP contribution in [0.2, 0.25) is 0 Å². The second-order valence-electron chi connectivity index (χ2n) is 6.04. The maximum atomic E-state index is 11.8. The van der Waals surface area contributed by atoms with E-state index in [1.807, 2.05) is 0 Å². The molecule has 0 heterocycles. The molecule has 1 aliphatic rings. The van der Waals surface area contributed by atoms with Crippen molar-refractivity contribution in [1.29, 1.82) is 0 Å². The molecular weight excluding hydrogens is 276 g/mol. The molecule has 1 aliphatic carbocycles. The summed E-state index contributed by atoms with van der Waals surface area (Å²) in [6, 6.07) is 3.68. The predicted octanol–water partition coefficient (Wildman–Crippen LogP) is 2.08. The van der Waals surface area contributed by atoms with Crippen LogP contribution in [0.15, 0.2) is 18.2 Å². The van der Waals surface area contributed by atoms with Gasteiger partial charge in [-0.15, -0.1) is 0 Å². The van der Waals surface area contributed by atoms with Crippen LogP contribution in [0.3, 0.4) is 0 Å². The van der Waals surface area contributed by atoms with E-state index in [1.54, 1.807) is 26.8 Å². The summed E-state index contributed by atoms with van der Waals surface area (Å²) in [5.74, 6) is 0. The monoisotopic (exact) mass is 294 g/mol. The quantitative estimate of drug-likeness (QED) is 0.642. The average Bonchev–Trinajstić information content (AvgIpc) is 2.63. The number of carbonyl (C=O) groups is 1. The molecule has 114 valence electrons. The van der Waals surface area contributed by atoms with Crippen molar-refractivity contribution in [2.45, 2.75) is 44.9 Å². The number of nitro groups is 1. The molecule has 7 heteroatoms. The first-order chi connectivity index (χ1) is 9.67. The predicted molar refractivity (Wildman–Crippen MR) is 74.9 cm³/mol. The van der Waals surface area contributed by atoms with E-state index >= 15 is 0 Å². The van der Waals surface area contributed by atoms with Crippen LogP contribution >= 0.6 is 0 Å². The third-order valence-electron chi connectivity index (χ3n) is 3.16. The summed E-state index contributed by atoms with van der Waals surface area (Å²) >= 11 is 0. The van der Waals surface area contributed by atoms with Gasteiger partial charge < -0.3 is 15.2 Å². The fourth-order valence-electron chi connectivity index (χ4n) is 2.33. The van der Waals surface area contributed by atoms with Crippen LogP contribution in [0.4, 0.5) is 10.5 Å². The summed E-state index contributed by atoms with van der Waals surface area (Å²) in [5.41, 5.74) is 0.620. The Labute approximate surface area is 122 Å². The number of benzene rings is 1. The molecule has 0 spiro atoms. The number of aliphatic hydroxyl groups excluding tert-OH is 1. The minimum atomic E-state index is -0.825. The van der Waals surface area contributed by atoms with Gasteiger partial charge in [-0.1, -0.05) is 6.07 Å². The number of nitrogens with zero attached hydrogens (tertiary/aromatic N) is 1. The number of rotatable bonds is 2. The molecule has 1 amide bonds. The topological polar surface area (TPSA) is 102 Å². The van der Waals surface area contributed by atoms with Gasteiger partial charge >= 0.3 is 6.09 Å². The van der Waals surface area contributed by atoms with Gasteiger partial charge in [-0.05, 0) is 31.9 Å². The molecular formula is C14H18N2O5. The first-order valence-electron chi connectivity index (χ1n) is 6.62. The van der Waals surface area contributed by atoms with Gasteiger partial charge in [-0.3, -0.25) is 10.1 Å². The third kappa shape index (κ3) is 3.49. The van der Waals surface area contributed by atoms with Gasteiger partial charge in [0.1, 0.15) is 5.60 Å². The molecule has 0 aromatic heterocycles. The minimum absolute atomic E-state index is 0.0705. The highest BCUT2D eigenvalue weighted by Crippen LogP contribution is 2.34. The number of fused-ring (bicyclic) bond motifs is 1. The molecule has 0 saturated heterocycles. The number of carbonyl (C=O) groups excluding carboxylic acids is 1. The lowest BCUT2D eigenvalue weighted by molar-refractivity contribution is -0.384. The summed E-state index contributed by atoms with van der Waals surface area (Å²) in [5, 5.41) is 23.5. The van der Waals surface area contributed by atoms with E-state index in [0.717, 1.165) is 5.56 Å². The van der Waals surface area contributed by atoms with Gasteiger partial charge in [0.15, 0.2) is 0 Å². The van der Waals surface area contributed by atoms with Crippen molar-refractivity contribution in [3.05, 3.63) is 39.4 Å². The smallest absolute Gasteiger partial charge is 0.408 e. The first kappa shape index (κ1) is 15.2. The van der Waals surface area contributed by atoms with E-state index in [0.29, 0.717) is 12.0 Å². The fourth-order valence-corrected chi connectivity index (χ4v) is 2.33. The molecule has 2 unspecified atom stereocenters. The highest BCUT2D eigenvalue weighted by atomic mass is 16.6. The number of ether oxygens (including phenoxy) is 1. The normalized spacial score (nSPS) is 20.8. The standard InChI is InChI=1S/C14H18N2O5/c1-14(2,3)21-13(18)15-12-10-7-9(16(19)20)5-4-8(10)6-11(12)17/h4-5,7,11-12,17H,6H2,1-3H3,(H,15,18). The van der Waals surface area contributed by atoms with Crippen LogP contribution in [0.1, 0.15) is 37.9 Å². The second-order valence-corrected chi connectivity index (χ2v) is 6.04. The zero-order valence-corrected chi connectivity index (χ0v) is 12.1. The SMILES string of the molecule is CC(C)(C)OC(=O)NC1c2cc([N+](=O)[O-])ccc2CC1O. The molecule has 2 atom stereocenters. The Morgan fingerprint density at radius 1 is 1.48 bits per heavy atom. The zero-order valence-electron chi connectivity index (χ0n) is 12.1. The van der Waals surface area contributed by atoms with Crippen LogP contribution in [0, 0.1) is 10.1 Å².